The zero-order valence-electron chi connectivity index (χ0n) is 15.0. The van der Waals surface area contributed by atoms with Crippen LogP contribution in [0.2, 0.25) is 0 Å². The Bertz CT molecular complexity index is 959. The standard InChI is InChI=1S/C20H21N5OS/c26-20(18-3-1-2-8-21-18)25-12-15-4-6-16(13-25)24(11-15)10-14-5-7-17-19(9-14)23-27-22-17/h1-3,5,7-9,15-16H,4,6,10-13H2. The van der Waals surface area contributed by atoms with Gasteiger partial charge in [-0.15, -0.1) is 0 Å². The van der Waals surface area contributed by atoms with Crippen molar-refractivity contribution in [2.24, 2.45) is 5.92 Å². The molecule has 3 aromatic rings. The third kappa shape index (κ3) is 3.33. The van der Waals surface area contributed by atoms with Crippen molar-refractivity contribution in [3.8, 4) is 0 Å². The van der Waals surface area contributed by atoms with Gasteiger partial charge in [0.2, 0.25) is 0 Å². The quantitative estimate of drug-likeness (QED) is 0.700. The number of rotatable bonds is 3. The zero-order valence-corrected chi connectivity index (χ0v) is 15.8. The summed E-state index contributed by atoms with van der Waals surface area (Å²) in [6.45, 7) is 3.56. The van der Waals surface area contributed by atoms with E-state index >= 15 is 0 Å². The van der Waals surface area contributed by atoms with Crippen molar-refractivity contribution in [2.75, 3.05) is 19.6 Å². The summed E-state index contributed by atoms with van der Waals surface area (Å²) < 4.78 is 8.64. The van der Waals surface area contributed by atoms with Gasteiger partial charge in [0.05, 0.1) is 11.7 Å². The molecule has 2 atom stereocenters. The zero-order chi connectivity index (χ0) is 18.2. The number of pyridine rings is 1. The summed E-state index contributed by atoms with van der Waals surface area (Å²) in [5, 5.41) is 0. The summed E-state index contributed by atoms with van der Waals surface area (Å²) in [7, 11) is 0. The van der Waals surface area contributed by atoms with Gasteiger partial charge in [-0.25, -0.2) is 0 Å². The molecule has 1 aromatic carbocycles. The molecule has 3 fully saturated rings. The Labute approximate surface area is 162 Å². The lowest BCUT2D eigenvalue weighted by atomic mass is 9.94. The fourth-order valence-corrected chi connectivity index (χ4v) is 4.87. The van der Waals surface area contributed by atoms with E-state index in [1.54, 1.807) is 6.20 Å². The van der Waals surface area contributed by atoms with Crippen LogP contribution in [-0.4, -0.2) is 55.1 Å². The Balaban J connectivity index is 1.34. The molecule has 6 rings (SSSR count). The topological polar surface area (TPSA) is 62.2 Å². The maximum Gasteiger partial charge on any atom is 0.272 e. The van der Waals surface area contributed by atoms with E-state index in [1.165, 1.54) is 23.7 Å². The lowest BCUT2D eigenvalue weighted by Crippen LogP contribution is -2.44. The van der Waals surface area contributed by atoms with E-state index < -0.39 is 0 Å². The third-order valence-electron chi connectivity index (χ3n) is 5.70. The number of fused-ring (bicyclic) bond motifs is 5. The van der Waals surface area contributed by atoms with Crippen molar-refractivity contribution in [2.45, 2.75) is 25.4 Å². The molecule has 2 bridgehead atoms. The number of carbonyl (C=O) groups is 1. The maximum atomic E-state index is 12.9. The number of carbonyl (C=O) groups excluding carboxylic acids is 1. The normalized spacial score (nSPS) is 22.9. The summed E-state index contributed by atoms with van der Waals surface area (Å²) in [6, 6.07) is 12.3. The molecule has 138 valence electrons. The number of hydrogen-bond donors (Lipinski definition) is 0. The molecule has 5 heterocycles. The van der Waals surface area contributed by atoms with Crippen molar-refractivity contribution >= 4 is 28.7 Å². The molecule has 0 radical (unpaired) electrons. The van der Waals surface area contributed by atoms with Gasteiger partial charge < -0.3 is 4.90 Å². The summed E-state index contributed by atoms with van der Waals surface area (Å²) in [4.78, 5) is 21.7. The molecule has 3 aliphatic rings. The van der Waals surface area contributed by atoms with Gasteiger partial charge in [0.25, 0.3) is 5.91 Å². The smallest absolute Gasteiger partial charge is 0.272 e. The van der Waals surface area contributed by atoms with E-state index in [0.29, 0.717) is 17.7 Å². The van der Waals surface area contributed by atoms with Crippen LogP contribution >= 0.6 is 11.7 Å². The maximum absolute atomic E-state index is 12.9. The van der Waals surface area contributed by atoms with E-state index in [1.807, 2.05) is 23.1 Å². The molecule has 2 aromatic heterocycles. The van der Waals surface area contributed by atoms with E-state index in [4.69, 9.17) is 0 Å². The summed E-state index contributed by atoms with van der Waals surface area (Å²) >= 11 is 1.26. The van der Waals surface area contributed by atoms with E-state index in [0.717, 1.165) is 43.6 Å². The minimum absolute atomic E-state index is 0.0596. The van der Waals surface area contributed by atoms with Gasteiger partial charge in [-0.1, -0.05) is 12.1 Å². The van der Waals surface area contributed by atoms with Gasteiger partial charge in [0.15, 0.2) is 0 Å². The summed E-state index contributed by atoms with van der Waals surface area (Å²) in [5.41, 5.74) is 3.76. The molecule has 0 aliphatic carbocycles. The van der Waals surface area contributed by atoms with Crippen molar-refractivity contribution in [3.05, 3.63) is 53.9 Å². The van der Waals surface area contributed by atoms with Gasteiger partial charge in [0, 0.05) is 38.4 Å². The Morgan fingerprint density at radius 1 is 1.07 bits per heavy atom. The van der Waals surface area contributed by atoms with Crippen LogP contribution in [0.4, 0.5) is 0 Å². The second kappa shape index (κ2) is 6.98. The monoisotopic (exact) mass is 379 g/mol. The lowest BCUT2D eigenvalue weighted by Gasteiger charge is -2.36. The molecule has 3 saturated heterocycles. The summed E-state index contributed by atoms with van der Waals surface area (Å²) in [5.74, 6) is 0.588. The highest BCUT2D eigenvalue weighted by Gasteiger charge is 2.36. The van der Waals surface area contributed by atoms with Crippen LogP contribution in [0.1, 0.15) is 28.9 Å². The van der Waals surface area contributed by atoms with Gasteiger partial charge in [-0.05, 0) is 48.6 Å². The second-order valence-corrected chi connectivity index (χ2v) is 8.07. The van der Waals surface area contributed by atoms with Gasteiger partial charge in [0.1, 0.15) is 16.7 Å². The number of hydrogen-bond acceptors (Lipinski definition) is 6. The fraction of sp³-hybridized carbons (Fsp3) is 0.400. The third-order valence-corrected chi connectivity index (χ3v) is 6.26. The fourth-order valence-electron chi connectivity index (χ4n) is 4.35. The number of amides is 1. The number of aromatic nitrogens is 3. The van der Waals surface area contributed by atoms with Gasteiger partial charge >= 0.3 is 0 Å². The molecule has 7 heteroatoms. The van der Waals surface area contributed by atoms with Crippen molar-refractivity contribution < 1.29 is 4.79 Å². The minimum Gasteiger partial charge on any atom is -0.335 e. The molecule has 27 heavy (non-hydrogen) atoms. The van der Waals surface area contributed by atoms with E-state index in [2.05, 4.69) is 36.8 Å². The minimum atomic E-state index is 0.0596. The first-order valence-electron chi connectivity index (χ1n) is 9.42. The van der Waals surface area contributed by atoms with Crippen LogP contribution < -0.4 is 0 Å². The van der Waals surface area contributed by atoms with Crippen molar-refractivity contribution in [1.82, 2.24) is 23.5 Å². The van der Waals surface area contributed by atoms with Crippen molar-refractivity contribution in [1.29, 1.82) is 0 Å². The SMILES string of the molecule is O=C(c1ccccn1)N1CC2CCC(C1)N(Cc1ccc3nsnc3c1)C2. The molecule has 2 unspecified atom stereocenters. The Hall–Kier alpha value is -2.38. The molecule has 0 spiro atoms. The Kier molecular flexibility index (Phi) is 4.33. The van der Waals surface area contributed by atoms with Crippen LogP contribution in [0, 0.1) is 5.92 Å². The van der Waals surface area contributed by atoms with Crippen molar-refractivity contribution in [3.63, 3.8) is 0 Å². The van der Waals surface area contributed by atoms with Crippen LogP contribution in [-0.2, 0) is 6.54 Å². The molecule has 0 N–H and O–H groups in total. The summed E-state index contributed by atoms with van der Waals surface area (Å²) in [6.07, 6.45) is 4.04. The molecule has 1 amide bonds. The number of nitrogens with zero attached hydrogens (tertiary/aromatic N) is 5. The Morgan fingerprint density at radius 2 is 2.00 bits per heavy atom. The van der Waals surface area contributed by atoms with Crippen LogP contribution in [0.3, 0.4) is 0 Å². The largest absolute Gasteiger partial charge is 0.335 e. The predicted octanol–water partition coefficient (Wildman–Crippen LogP) is 2.82. The van der Waals surface area contributed by atoms with Crippen LogP contribution in [0.5, 0.6) is 0 Å². The average Bonchev–Trinajstić information content (AvgIpc) is 2.98. The van der Waals surface area contributed by atoms with Gasteiger partial charge in [-0.3, -0.25) is 14.7 Å². The molecular weight excluding hydrogens is 358 g/mol. The first kappa shape index (κ1) is 16.8. The molecular formula is C20H21N5OS. The second-order valence-electron chi connectivity index (χ2n) is 7.54. The average molecular weight is 379 g/mol. The first-order valence-corrected chi connectivity index (χ1v) is 10.1. The molecule has 0 saturated carbocycles. The highest BCUT2D eigenvalue weighted by Crippen LogP contribution is 2.30. The lowest BCUT2D eigenvalue weighted by molar-refractivity contribution is 0.0730. The van der Waals surface area contributed by atoms with Crippen LogP contribution in [0.25, 0.3) is 11.0 Å². The first-order chi connectivity index (χ1) is 13.3. The Morgan fingerprint density at radius 3 is 2.89 bits per heavy atom. The van der Waals surface area contributed by atoms with E-state index in [9.17, 15) is 4.79 Å². The van der Waals surface area contributed by atoms with E-state index in [-0.39, 0.29) is 5.91 Å². The molecule has 3 aliphatic heterocycles. The predicted molar refractivity (Wildman–Crippen MR) is 104 cm³/mol. The number of piperidine rings is 1. The highest BCUT2D eigenvalue weighted by molar-refractivity contribution is 7.00. The highest BCUT2D eigenvalue weighted by atomic mass is 32.1. The van der Waals surface area contributed by atoms with Crippen LogP contribution in [0.15, 0.2) is 42.6 Å². The van der Waals surface area contributed by atoms with Gasteiger partial charge in [-0.2, -0.15) is 8.75 Å². The number of benzene rings is 1. The molecule has 6 nitrogen and oxygen atoms in total.